The molecule has 22 heavy (non-hydrogen) atoms. The van der Waals surface area contributed by atoms with Crippen LogP contribution in [0, 0.1) is 5.92 Å². The van der Waals surface area contributed by atoms with E-state index in [1.54, 1.807) is 31.1 Å². The zero-order valence-electron chi connectivity index (χ0n) is 12.9. The molecule has 0 saturated carbocycles. The molecule has 2 rings (SSSR count). The number of hydrogen-bond acceptors (Lipinski definition) is 3. The number of rotatable bonds is 4. The lowest BCUT2D eigenvalue weighted by Crippen LogP contribution is -2.42. The fraction of sp³-hybridized carbons (Fsp3) is 0.500. The van der Waals surface area contributed by atoms with Gasteiger partial charge in [0.05, 0.1) is 12.1 Å². The summed E-state index contributed by atoms with van der Waals surface area (Å²) in [5.41, 5.74) is 0.931. The van der Waals surface area contributed by atoms with E-state index >= 15 is 0 Å². The molecule has 120 valence electrons. The molecule has 1 fully saturated rings. The van der Waals surface area contributed by atoms with Crippen molar-refractivity contribution >= 4 is 23.4 Å². The number of benzene rings is 1. The molecule has 0 atom stereocenters. The number of likely N-dealkylation sites (tertiary alicyclic amines) is 1. The van der Waals surface area contributed by atoms with Crippen LogP contribution >= 0.6 is 11.6 Å². The Hall–Kier alpha value is -1.75. The molecule has 2 amide bonds. The van der Waals surface area contributed by atoms with Crippen LogP contribution in [-0.2, 0) is 16.1 Å². The molecule has 1 aromatic rings. The molecular weight excluding hydrogens is 304 g/mol. The molecule has 0 radical (unpaired) electrons. The summed E-state index contributed by atoms with van der Waals surface area (Å²) >= 11 is 6.06. The Balaban J connectivity index is 1.83. The van der Waals surface area contributed by atoms with Crippen LogP contribution < -0.4 is 10.1 Å². The molecule has 1 heterocycles. The average molecular weight is 325 g/mol. The van der Waals surface area contributed by atoms with Gasteiger partial charge < -0.3 is 15.0 Å². The van der Waals surface area contributed by atoms with Gasteiger partial charge in [-0.1, -0.05) is 17.7 Å². The number of methoxy groups -OCH3 is 1. The molecule has 0 unspecified atom stereocenters. The number of carbonyl (C=O) groups excluding carboxylic acids is 2. The average Bonchev–Trinajstić information content (AvgIpc) is 2.52. The van der Waals surface area contributed by atoms with Gasteiger partial charge in [-0.3, -0.25) is 9.59 Å². The third-order valence-electron chi connectivity index (χ3n) is 3.99. The second-order valence-electron chi connectivity index (χ2n) is 5.47. The molecule has 0 spiro atoms. The molecule has 1 saturated heterocycles. The molecule has 0 aliphatic carbocycles. The van der Waals surface area contributed by atoms with E-state index < -0.39 is 0 Å². The molecule has 6 heteroatoms. The number of hydrogen-bond donors (Lipinski definition) is 1. The van der Waals surface area contributed by atoms with E-state index in [0.29, 0.717) is 30.4 Å². The summed E-state index contributed by atoms with van der Waals surface area (Å²) in [6.07, 6.45) is 1.43. The van der Waals surface area contributed by atoms with E-state index in [2.05, 4.69) is 5.32 Å². The van der Waals surface area contributed by atoms with Crippen LogP contribution in [0.3, 0.4) is 0 Å². The molecule has 0 aromatic heterocycles. The molecule has 1 aromatic carbocycles. The number of nitrogens with zero attached hydrogens (tertiary/aromatic N) is 1. The highest BCUT2D eigenvalue weighted by atomic mass is 35.5. The van der Waals surface area contributed by atoms with Crippen molar-refractivity contribution in [1.29, 1.82) is 0 Å². The van der Waals surface area contributed by atoms with Crippen LogP contribution in [0.15, 0.2) is 18.2 Å². The molecule has 5 nitrogen and oxygen atoms in total. The first-order valence-corrected chi connectivity index (χ1v) is 7.74. The van der Waals surface area contributed by atoms with Crippen LogP contribution in [0.25, 0.3) is 0 Å². The topological polar surface area (TPSA) is 58.6 Å². The summed E-state index contributed by atoms with van der Waals surface area (Å²) in [5, 5.41) is 3.47. The maximum Gasteiger partial charge on any atom is 0.223 e. The van der Waals surface area contributed by atoms with E-state index in [0.717, 1.165) is 18.4 Å². The van der Waals surface area contributed by atoms with Crippen molar-refractivity contribution in [2.45, 2.75) is 26.3 Å². The van der Waals surface area contributed by atoms with E-state index in [9.17, 15) is 9.59 Å². The number of halogens is 1. The van der Waals surface area contributed by atoms with Gasteiger partial charge in [-0.2, -0.15) is 0 Å². The van der Waals surface area contributed by atoms with Gasteiger partial charge in [-0.25, -0.2) is 0 Å². The van der Waals surface area contributed by atoms with Gasteiger partial charge in [0.1, 0.15) is 5.75 Å². The standard InChI is InChI=1S/C16H21ClN2O3/c1-11(20)19-7-5-13(6-8-19)16(21)18-10-12-3-4-15(22-2)14(17)9-12/h3-4,9,13H,5-8,10H2,1-2H3,(H,18,21). The number of carbonyl (C=O) groups is 2. The number of ether oxygens (including phenoxy) is 1. The number of amides is 2. The fourth-order valence-electron chi connectivity index (χ4n) is 2.61. The maximum absolute atomic E-state index is 12.2. The second-order valence-corrected chi connectivity index (χ2v) is 5.87. The smallest absolute Gasteiger partial charge is 0.223 e. The summed E-state index contributed by atoms with van der Waals surface area (Å²) in [6.45, 7) is 3.31. The first-order valence-electron chi connectivity index (χ1n) is 7.37. The minimum atomic E-state index is -0.0238. The maximum atomic E-state index is 12.2. The van der Waals surface area contributed by atoms with Gasteiger partial charge in [-0.15, -0.1) is 0 Å². The highest BCUT2D eigenvalue weighted by Gasteiger charge is 2.25. The van der Waals surface area contributed by atoms with E-state index in [4.69, 9.17) is 16.3 Å². The normalized spacial score (nSPS) is 15.5. The van der Waals surface area contributed by atoms with Crippen LogP contribution in [-0.4, -0.2) is 36.9 Å². The SMILES string of the molecule is COc1ccc(CNC(=O)C2CCN(C(C)=O)CC2)cc1Cl. The Bertz CT molecular complexity index is 554. The summed E-state index contributed by atoms with van der Waals surface area (Å²) in [5.74, 6) is 0.708. The van der Waals surface area contributed by atoms with E-state index in [1.807, 2.05) is 6.07 Å². The fourth-order valence-corrected chi connectivity index (χ4v) is 2.89. The van der Waals surface area contributed by atoms with E-state index in [-0.39, 0.29) is 17.7 Å². The first-order chi connectivity index (χ1) is 10.5. The third-order valence-corrected chi connectivity index (χ3v) is 4.29. The highest BCUT2D eigenvalue weighted by Crippen LogP contribution is 2.25. The minimum absolute atomic E-state index is 0.0238. The molecular formula is C16H21ClN2O3. The second kappa shape index (κ2) is 7.49. The van der Waals surface area contributed by atoms with Gasteiger partial charge >= 0.3 is 0 Å². The van der Waals surface area contributed by atoms with Crippen molar-refractivity contribution in [3.63, 3.8) is 0 Å². The lowest BCUT2D eigenvalue weighted by atomic mass is 9.96. The summed E-state index contributed by atoms with van der Waals surface area (Å²) < 4.78 is 5.10. The lowest BCUT2D eigenvalue weighted by Gasteiger charge is -2.30. The van der Waals surface area contributed by atoms with Gasteiger partial charge in [-0.05, 0) is 30.5 Å². The largest absolute Gasteiger partial charge is 0.495 e. The van der Waals surface area contributed by atoms with Crippen LogP contribution in [0.1, 0.15) is 25.3 Å². The Morgan fingerprint density at radius 2 is 2.05 bits per heavy atom. The van der Waals surface area contributed by atoms with Crippen LogP contribution in [0.2, 0.25) is 5.02 Å². The predicted octanol–water partition coefficient (Wildman–Crippen LogP) is 2.22. The Morgan fingerprint density at radius 1 is 1.36 bits per heavy atom. The van der Waals surface area contributed by atoms with Gasteiger partial charge in [0.15, 0.2) is 0 Å². The Kier molecular flexibility index (Phi) is 5.66. The van der Waals surface area contributed by atoms with Gasteiger partial charge in [0.2, 0.25) is 11.8 Å². The molecule has 1 aliphatic heterocycles. The minimum Gasteiger partial charge on any atom is -0.495 e. The number of piperidine rings is 1. The van der Waals surface area contributed by atoms with Gasteiger partial charge in [0.25, 0.3) is 0 Å². The third kappa shape index (κ3) is 4.13. The molecule has 1 aliphatic rings. The summed E-state index contributed by atoms with van der Waals surface area (Å²) in [6, 6.07) is 5.46. The van der Waals surface area contributed by atoms with Crippen molar-refractivity contribution in [2.75, 3.05) is 20.2 Å². The van der Waals surface area contributed by atoms with Crippen molar-refractivity contribution in [3.8, 4) is 5.75 Å². The van der Waals surface area contributed by atoms with Crippen LogP contribution in [0.5, 0.6) is 5.75 Å². The number of nitrogens with one attached hydrogen (secondary N) is 1. The lowest BCUT2D eigenvalue weighted by molar-refractivity contribution is -0.134. The van der Waals surface area contributed by atoms with Gasteiger partial charge in [0, 0.05) is 32.5 Å². The van der Waals surface area contributed by atoms with Crippen LogP contribution in [0.4, 0.5) is 0 Å². The molecule has 1 N–H and O–H groups in total. The quantitative estimate of drug-likeness (QED) is 0.924. The first kappa shape index (κ1) is 16.6. The zero-order valence-corrected chi connectivity index (χ0v) is 13.7. The van der Waals surface area contributed by atoms with Crippen molar-refractivity contribution < 1.29 is 14.3 Å². The Morgan fingerprint density at radius 3 is 2.59 bits per heavy atom. The predicted molar refractivity (Wildman–Crippen MR) is 84.8 cm³/mol. The van der Waals surface area contributed by atoms with Crippen molar-refractivity contribution in [2.24, 2.45) is 5.92 Å². The monoisotopic (exact) mass is 324 g/mol. The summed E-state index contributed by atoms with van der Waals surface area (Å²) in [4.78, 5) is 25.2. The van der Waals surface area contributed by atoms with Crippen molar-refractivity contribution in [3.05, 3.63) is 28.8 Å². The summed E-state index contributed by atoms with van der Waals surface area (Å²) in [7, 11) is 1.57. The van der Waals surface area contributed by atoms with E-state index in [1.165, 1.54) is 0 Å². The van der Waals surface area contributed by atoms with Crippen molar-refractivity contribution in [1.82, 2.24) is 10.2 Å². The highest BCUT2D eigenvalue weighted by molar-refractivity contribution is 6.32. The molecule has 0 bridgehead atoms. The zero-order chi connectivity index (χ0) is 16.1. The Labute approximate surface area is 135 Å².